The number of carbonyl (C=O) groups is 2. The minimum atomic E-state index is -0.510. The Bertz CT molecular complexity index is 678. The van der Waals surface area contributed by atoms with Gasteiger partial charge in [-0.3, -0.25) is 14.5 Å². The summed E-state index contributed by atoms with van der Waals surface area (Å²) in [6.07, 6.45) is 5.46. The smallest absolute Gasteiger partial charge is 0.223 e. The predicted molar refractivity (Wildman–Crippen MR) is 123 cm³/mol. The van der Waals surface area contributed by atoms with Crippen molar-refractivity contribution in [3.63, 3.8) is 0 Å². The zero-order chi connectivity index (χ0) is 22.9. The zero-order valence-corrected chi connectivity index (χ0v) is 20.1. The van der Waals surface area contributed by atoms with Crippen LogP contribution >= 0.6 is 0 Å². The van der Waals surface area contributed by atoms with E-state index in [-0.39, 0.29) is 52.9 Å². The molecular formula is C25H43N3O4. The second-order valence-electron chi connectivity index (χ2n) is 11.2. The maximum atomic E-state index is 12.9. The van der Waals surface area contributed by atoms with E-state index >= 15 is 0 Å². The molecule has 7 heteroatoms. The van der Waals surface area contributed by atoms with Crippen LogP contribution in [0.15, 0.2) is 0 Å². The van der Waals surface area contributed by atoms with Crippen LogP contribution in [0.4, 0.5) is 0 Å². The molecule has 2 amide bonds. The molecule has 3 saturated carbocycles. The molecule has 1 aliphatic heterocycles. The number of carbonyl (C=O) groups excluding carboxylic acids is 2. The zero-order valence-electron chi connectivity index (χ0n) is 20.1. The molecule has 7 nitrogen and oxygen atoms in total. The number of aliphatic hydroxyl groups is 1. The van der Waals surface area contributed by atoms with E-state index in [0.717, 1.165) is 71.4 Å². The van der Waals surface area contributed by atoms with Crippen LogP contribution < -0.4 is 10.6 Å². The molecule has 3 aliphatic carbocycles. The van der Waals surface area contributed by atoms with Gasteiger partial charge in [-0.05, 0) is 61.7 Å². The van der Waals surface area contributed by atoms with E-state index in [4.69, 9.17) is 4.74 Å². The van der Waals surface area contributed by atoms with Crippen molar-refractivity contribution in [1.29, 1.82) is 0 Å². The van der Waals surface area contributed by atoms with E-state index in [1.165, 1.54) is 0 Å². The van der Waals surface area contributed by atoms with E-state index in [1.807, 2.05) is 6.92 Å². The molecule has 0 spiro atoms. The summed E-state index contributed by atoms with van der Waals surface area (Å²) in [6, 6.07) is 0.132. The number of hydrogen-bond donors (Lipinski definition) is 3. The van der Waals surface area contributed by atoms with Crippen molar-refractivity contribution in [2.45, 2.75) is 71.4 Å². The number of aliphatic hydroxyl groups excluding tert-OH is 1. The first-order valence-corrected chi connectivity index (χ1v) is 12.9. The topological polar surface area (TPSA) is 90.9 Å². The molecule has 0 bridgehead atoms. The minimum Gasteiger partial charge on any atom is -0.392 e. The molecule has 0 aromatic carbocycles. The Balaban J connectivity index is 1.33. The van der Waals surface area contributed by atoms with Gasteiger partial charge in [-0.15, -0.1) is 0 Å². The second-order valence-corrected chi connectivity index (χ2v) is 11.2. The van der Waals surface area contributed by atoms with Crippen LogP contribution in [-0.2, 0) is 14.3 Å². The highest BCUT2D eigenvalue weighted by atomic mass is 16.5. The summed E-state index contributed by atoms with van der Waals surface area (Å²) in [4.78, 5) is 27.6. The van der Waals surface area contributed by atoms with Crippen molar-refractivity contribution in [2.24, 2.45) is 35.0 Å². The fourth-order valence-corrected chi connectivity index (χ4v) is 6.66. The average Bonchev–Trinajstić information content (AvgIpc) is 3.62. The van der Waals surface area contributed by atoms with Crippen LogP contribution in [0.3, 0.4) is 0 Å². The number of nitrogens with one attached hydrogen (secondary N) is 2. The number of fused-ring (bicyclic) bond motifs is 1. The second kappa shape index (κ2) is 9.98. The summed E-state index contributed by atoms with van der Waals surface area (Å²) in [5, 5.41) is 17.9. The van der Waals surface area contributed by atoms with E-state index in [0.29, 0.717) is 6.54 Å². The maximum absolute atomic E-state index is 12.9. The molecule has 0 aromatic heterocycles. The van der Waals surface area contributed by atoms with Gasteiger partial charge in [-0.1, -0.05) is 20.8 Å². The lowest BCUT2D eigenvalue weighted by Crippen LogP contribution is -2.58. The van der Waals surface area contributed by atoms with Gasteiger partial charge in [-0.25, -0.2) is 0 Å². The Morgan fingerprint density at radius 3 is 2.53 bits per heavy atom. The number of hydrogen-bond acceptors (Lipinski definition) is 5. The minimum absolute atomic E-state index is 0.0307. The standard InChI is InChI=1S/C25H43N3O4/c1-16(23(30)26-10-11-28-12-14-32-15-13-28)19-6-8-25(3)9-7-20(17(2)21(25)22(19)29)27-24(31)18-4-5-18/h16-22,29H,4-15H2,1-3H3,(H,26,30)(H,27,31). The fraction of sp³-hybridized carbons (Fsp3) is 0.920. The van der Waals surface area contributed by atoms with Crippen molar-refractivity contribution in [3.8, 4) is 0 Å². The van der Waals surface area contributed by atoms with E-state index in [1.54, 1.807) is 0 Å². The van der Waals surface area contributed by atoms with Crippen molar-refractivity contribution in [3.05, 3.63) is 0 Å². The lowest BCUT2D eigenvalue weighted by atomic mass is 9.51. The SMILES string of the molecule is CC(C(=O)NCCN1CCOCC1)C1CCC2(C)CCC(NC(=O)C3CC3)C(C)C2C1O. The van der Waals surface area contributed by atoms with Crippen molar-refractivity contribution < 1.29 is 19.4 Å². The predicted octanol–water partition coefficient (Wildman–Crippen LogP) is 1.79. The van der Waals surface area contributed by atoms with Gasteiger partial charge in [0.2, 0.25) is 11.8 Å². The largest absolute Gasteiger partial charge is 0.392 e. The third kappa shape index (κ3) is 5.15. The number of ether oxygens (including phenoxy) is 1. The van der Waals surface area contributed by atoms with Gasteiger partial charge in [0.25, 0.3) is 0 Å². The molecule has 0 aromatic rings. The first-order valence-electron chi connectivity index (χ1n) is 12.9. The molecule has 4 aliphatic rings. The third-order valence-electron chi connectivity index (χ3n) is 9.05. The first kappa shape index (κ1) is 24.0. The molecule has 3 N–H and O–H groups in total. The van der Waals surface area contributed by atoms with Crippen molar-refractivity contribution >= 4 is 11.8 Å². The molecule has 7 atom stereocenters. The summed E-state index contributed by atoms with van der Waals surface area (Å²) in [7, 11) is 0. The molecule has 7 unspecified atom stereocenters. The van der Waals surface area contributed by atoms with Gasteiger partial charge in [0, 0.05) is 44.1 Å². The third-order valence-corrected chi connectivity index (χ3v) is 9.05. The Morgan fingerprint density at radius 2 is 1.84 bits per heavy atom. The molecule has 182 valence electrons. The molecule has 1 heterocycles. The lowest BCUT2D eigenvalue weighted by Gasteiger charge is -2.56. The van der Waals surface area contributed by atoms with Crippen LogP contribution in [0.2, 0.25) is 0 Å². The van der Waals surface area contributed by atoms with Gasteiger partial charge in [0.05, 0.1) is 19.3 Å². The Kier molecular flexibility index (Phi) is 7.47. The molecule has 4 fully saturated rings. The van der Waals surface area contributed by atoms with Crippen LogP contribution in [0.5, 0.6) is 0 Å². The van der Waals surface area contributed by atoms with Gasteiger partial charge >= 0.3 is 0 Å². The van der Waals surface area contributed by atoms with Gasteiger partial charge in [-0.2, -0.15) is 0 Å². The highest BCUT2D eigenvalue weighted by Gasteiger charge is 2.54. The molecule has 4 rings (SSSR count). The Labute approximate surface area is 193 Å². The normalized spacial score (nSPS) is 39.1. The average molecular weight is 450 g/mol. The monoisotopic (exact) mass is 449 g/mol. The van der Waals surface area contributed by atoms with E-state index < -0.39 is 6.10 Å². The van der Waals surface area contributed by atoms with E-state index in [2.05, 4.69) is 29.4 Å². The molecule has 32 heavy (non-hydrogen) atoms. The highest BCUT2D eigenvalue weighted by Crippen LogP contribution is 2.55. The quantitative estimate of drug-likeness (QED) is 0.551. The Morgan fingerprint density at radius 1 is 1.16 bits per heavy atom. The van der Waals surface area contributed by atoms with Crippen LogP contribution in [0, 0.1) is 35.0 Å². The number of nitrogens with zero attached hydrogens (tertiary/aromatic N) is 1. The summed E-state index contributed by atoms with van der Waals surface area (Å²) in [5.41, 5.74) is 0.0860. The maximum Gasteiger partial charge on any atom is 0.223 e. The lowest BCUT2D eigenvalue weighted by molar-refractivity contribution is -0.144. The van der Waals surface area contributed by atoms with Gasteiger partial charge < -0.3 is 20.5 Å². The summed E-state index contributed by atoms with van der Waals surface area (Å²) in [6.45, 7) is 11.3. The first-order chi connectivity index (χ1) is 15.3. The Hall–Kier alpha value is -1.18. The highest BCUT2D eigenvalue weighted by molar-refractivity contribution is 5.81. The summed E-state index contributed by atoms with van der Waals surface area (Å²) >= 11 is 0. The van der Waals surface area contributed by atoms with E-state index in [9.17, 15) is 14.7 Å². The van der Waals surface area contributed by atoms with Gasteiger partial charge in [0.15, 0.2) is 0 Å². The van der Waals surface area contributed by atoms with Crippen LogP contribution in [0.1, 0.15) is 59.3 Å². The number of amides is 2. The van der Waals surface area contributed by atoms with Crippen molar-refractivity contribution in [2.75, 3.05) is 39.4 Å². The summed E-state index contributed by atoms with van der Waals surface area (Å²) in [5.74, 6) is 0.535. The molecular weight excluding hydrogens is 406 g/mol. The van der Waals surface area contributed by atoms with Crippen LogP contribution in [0.25, 0.3) is 0 Å². The summed E-state index contributed by atoms with van der Waals surface area (Å²) < 4.78 is 5.38. The fourth-order valence-electron chi connectivity index (χ4n) is 6.66. The molecule has 0 radical (unpaired) electrons. The molecule has 1 saturated heterocycles. The van der Waals surface area contributed by atoms with Crippen LogP contribution in [-0.4, -0.2) is 73.4 Å². The van der Waals surface area contributed by atoms with Crippen molar-refractivity contribution in [1.82, 2.24) is 15.5 Å². The number of rotatable bonds is 7. The number of morpholine rings is 1. The van der Waals surface area contributed by atoms with Gasteiger partial charge in [0.1, 0.15) is 0 Å².